The molecule has 6 heteroatoms. The van der Waals surface area contributed by atoms with Crippen molar-refractivity contribution >= 4 is 23.5 Å². The van der Waals surface area contributed by atoms with E-state index in [2.05, 4.69) is 0 Å². The molecule has 0 spiro atoms. The van der Waals surface area contributed by atoms with Crippen LogP contribution in [-0.4, -0.2) is 37.7 Å². The lowest BCUT2D eigenvalue weighted by Crippen LogP contribution is -2.66. The number of rotatable bonds is 2. The van der Waals surface area contributed by atoms with Crippen LogP contribution in [0.2, 0.25) is 0 Å². The van der Waals surface area contributed by atoms with E-state index in [0.29, 0.717) is 12.8 Å². The lowest BCUT2D eigenvalue weighted by atomic mass is 9.43. The second-order valence-corrected chi connectivity index (χ2v) is 10.4. The summed E-state index contributed by atoms with van der Waals surface area (Å²) in [7, 11) is 2.80. The molecule has 0 aromatic carbocycles. The van der Waals surface area contributed by atoms with Gasteiger partial charge in [0, 0.05) is 24.7 Å². The van der Waals surface area contributed by atoms with Gasteiger partial charge in [-0.05, 0) is 60.2 Å². The van der Waals surface area contributed by atoms with E-state index >= 15 is 0 Å². The fourth-order valence-electron chi connectivity index (χ4n) is 11.2. The number of methoxy groups -OCH3 is 2. The third kappa shape index (κ3) is 1.10. The summed E-state index contributed by atoms with van der Waals surface area (Å²) >= 11 is 0. The van der Waals surface area contributed by atoms with Crippen LogP contribution in [0.1, 0.15) is 25.7 Å². The van der Waals surface area contributed by atoms with E-state index in [9.17, 15) is 19.2 Å². The van der Waals surface area contributed by atoms with Crippen molar-refractivity contribution in [2.75, 3.05) is 14.2 Å². The molecule has 8 aliphatic rings. The van der Waals surface area contributed by atoms with Gasteiger partial charge in [-0.15, -0.1) is 0 Å². The minimum absolute atomic E-state index is 0.0448. The molecule has 2 unspecified atom stereocenters. The number of fused-ring (bicyclic) bond motifs is 2. The molecule has 0 saturated heterocycles. The highest BCUT2D eigenvalue weighted by Crippen LogP contribution is 2.97. The fourth-order valence-corrected chi connectivity index (χ4v) is 11.2. The molecule has 0 aromatic heterocycles. The molecule has 6 nitrogen and oxygen atoms in total. The largest absolute Gasteiger partial charge is 0.469 e. The summed E-state index contributed by atoms with van der Waals surface area (Å²) in [4.78, 5) is 52.8. The zero-order valence-electron chi connectivity index (χ0n) is 16.1. The van der Waals surface area contributed by atoms with Crippen LogP contribution in [0.4, 0.5) is 0 Å². The number of Topliss-reactive ketones (excluding diaryl/α,β-unsaturated/α-hetero) is 2. The smallest absolute Gasteiger partial charge is 0.313 e. The van der Waals surface area contributed by atoms with E-state index in [-0.39, 0.29) is 82.7 Å². The maximum absolute atomic E-state index is 13.6. The average Bonchev–Trinajstić information content (AvgIpc) is 3.49. The van der Waals surface area contributed by atoms with E-state index in [1.54, 1.807) is 0 Å². The van der Waals surface area contributed by atoms with E-state index < -0.39 is 10.8 Å². The first-order chi connectivity index (χ1) is 13.5. The number of ketones is 2. The number of esters is 2. The van der Waals surface area contributed by atoms with Gasteiger partial charge in [0.2, 0.25) is 0 Å². The Hall–Kier alpha value is -1.72. The highest BCUT2D eigenvalue weighted by atomic mass is 16.5. The topological polar surface area (TPSA) is 86.7 Å². The van der Waals surface area contributed by atoms with Crippen LogP contribution in [-0.2, 0) is 28.7 Å². The molecular weight excluding hydrogens is 360 g/mol. The maximum atomic E-state index is 13.6. The van der Waals surface area contributed by atoms with Gasteiger partial charge >= 0.3 is 11.9 Å². The Labute approximate surface area is 162 Å². The Morgan fingerprint density at radius 2 is 1.14 bits per heavy atom. The Kier molecular flexibility index (Phi) is 2.53. The van der Waals surface area contributed by atoms with Crippen LogP contribution < -0.4 is 0 Å². The summed E-state index contributed by atoms with van der Waals surface area (Å²) in [5, 5.41) is 0. The van der Waals surface area contributed by atoms with Crippen LogP contribution in [0.3, 0.4) is 0 Å². The molecule has 28 heavy (non-hydrogen) atoms. The zero-order chi connectivity index (χ0) is 19.3. The molecule has 0 aliphatic heterocycles. The second-order valence-electron chi connectivity index (χ2n) is 10.4. The Morgan fingerprint density at radius 3 is 1.54 bits per heavy atom. The molecule has 0 radical (unpaired) electrons. The van der Waals surface area contributed by atoms with E-state index in [1.165, 1.54) is 14.2 Å². The third-order valence-electron chi connectivity index (χ3n) is 10.7. The maximum Gasteiger partial charge on any atom is 0.313 e. The van der Waals surface area contributed by atoms with Gasteiger partial charge in [0.05, 0.1) is 25.0 Å². The Balaban J connectivity index is 1.55. The van der Waals surface area contributed by atoms with Gasteiger partial charge < -0.3 is 9.47 Å². The molecular formula is C22H24O6. The lowest BCUT2D eigenvalue weighted by molar-refractivity contribution is -0.208. The minimum atomic E-state index is -1.03. The van der Waals surface area contributed by atoms with Crippen molar-refractivity contribution in [3.8, 4) is 0 Å². The molecule has 8 bridgehead atoms. The number of hydrogen-bond donors (Lipinski definition) is 0. The van der Waals surface area contributed by atoms with Gasteiger partial charge in [-0.2, -0.15) is 0 Å². The van der Waals surface area contributed by atoms with Crippen LogP contribution in [0.5, 0.6) is 0 Å². The summed E-state index contributed by atoms with van der Waals surface area (Å²) in [5.74, 6) is 0.217. The number of ether oxygens (including phenoxy) is 2. The second kappa shape index (κ2) is 4.39. The standard InChI is InChI=1S/C22H24O6/c1-27-19(25)21-15-7-3-5-9(23)11(7)17-13(15)14-16(21)8-4-6-10(24)12(8)18(14)22(17,21)20(26)28-2/h7-8,11-18H,3-6H2,1-2H3/t7-,8-,11-,12-,13-,14-,15+,16+,17-,18+,21?,22?/m1/s1. The predicted octanol–water partition coefficient (Wildman–Crippen LogP) is 1.26. The first kappa shape index (κ1) is 16.1. The molecule has 148 valence electrons. The number of hydrogen-bond acceptors (Lipinski definition) is 6. The van der Waals surface area contributed by atoms with E-state index in [4.69, 9.17) is 9.47 Å². The van der Waals surface area contributed by atoms with Crippen LogP contribution in [0, 0.1) is 70.0 Å². The highest BCUT2D eigenvalue weighted by Gasteiger charge is 3.01. The number of carbonyl (C=O) groups excluding carboxylic acids is 4. The van der Waals surface area contributed by atoms with Gasteiger partial charge in [0.15, 0.2) is 0 Å². The molecule has 0 amide bonds. The van der Waals surface area contributed by atoms with Gasteiger partial charge in [-0.25, -0.2) is 0 Å². The van der Waals surface area contributed by atoms with Crippen molar-refractivity contribution < 1.29 is 28.7 Å². The minimum Gasteiger partial charge on any atom is -0.469 e. The molecule has 12 atom stereocenters. The third-order valence-corrected chi connectivity index (χ3v) is 10.7. The first-order valence-electron chi connectivity index (χ1n) is 10.7. The average molecular weight is 384 g/mol. The van der Waals surface area contributed by atoms with Crippen LogP contribution in [0.25, 0.3) is 0 Å². The van der Waals surface area contributed by atoms with Crippen LogP contribution >= 0.6 is 0 Å². The summed E-state index contributed by atoms with van der Waals surface area (Å²) < 4.78 is 10.8. The SMILES string of the molecule is COC(=O)C12[C@H]3[C@@H]4CCC(=O)[C@@H]4[C@H]4[C@@H]3[C@H]3[C@@H]([C@H]5C(=O)CC[C@H]5[C@@H]31)C42C(=O)OC. The van der Waals surface area contributed by atoms with Crippen molar-refractivity contribution in [2.45, 2.75) is 25.7 Å². The van der Waals surface area contributed by atoms with Crippen molar-refractivity contribution in [2.24, 2.45) is 70.0 Å². The van der Waals surface area contributed by atoms with Crippen molar-refractivity contribution in [1.82, 2.24) is 0 Å². The number of carbonyl (C=O) groups is 4. The molecule has 0 heterocycles. The van der Waals surface area contributed by atoms with Gasteiger partial charge in [-0.3, -0.25) is 19.2 Å². The zero-order valence-corrected chi connectivity index (χ0v) is 16.1. The normalized spacial score (nSPS) is 60.6. The molecule has 8 fully saturated rings. The molecule has 0 N–H and O–H groups in total. The summed E-state index contributed by atoms with van der Waals surface area (Å²) in [6.07, 6.45) is 2.76. The highest BCUT2D eigenvalue weighted by molar-refractivity contribution is 5.99. The predicted molar refractivity (Wildman–Crippen MR) is 92.3 cm³/mol. The van der Waals surface area contributed by atoms with Gasteiger partial charge in [0.1, 0.15) is 11.6 Å². The Morgan fingerprint density at radius 1 is 0.750 bits per heavy atom. The molecule has 8 aliphatic carbocycles. The van der Waals surface area contributed by atoms with E-state index in [1.807, 2.05) is 0 Å². The molecule has 8 rings (SSSR count). The Bertz CT molecular complexity index is 839. The quantitative estimate of drug-likeness (QED) is 0.666. The summed E-state index contributed by atoms with van der Waals surface area (Å²) in [6, 6.07) is 0. The first-order valence-corrected chi connectivity index (χ1v) is 10.7. The summed E-state index contributed by atoms with van der Waals surface area (Å²) in [5.41, 5.74) is -1.90. The van der Waals surface area contributed by atoms with Gasteiger partial charge in [-0.1, -0.05) is 0 Å². The van der Waals surface area contributed by atoms with E-state index in [0.717, 1.165) is 12.8 Å². The van der Waals surface area contributed by atoms with Crippen molar-refractivity contribution in [3.63, 3.8) is 0 Å². The molecule has 0 aromatic rings. The van der Waals surface area contributed by atoms with Gasteiger partial charge in [0.25, 0.3) is 0 Å². The fraction of sp³-hybridized carbons (Fsp3) is 0.818. The monoisotopic (exact) mass is 384 g/mol. The van der Waals surface area contributed by atoms with Crippen LogP contribution in [0.15, 0.2) is 0 Å². The molecule has 8 saturated carbocycles. The lowest BCUT2D eigenvalue weighted by Gasteiger charge is -2.57. The van der Waals surface area contributed by atoms with Crippen molar-refractivity contribution in [1.29, 1.82) is 0 Å². The van der Waals surface area contributed by atoms with Crippen molar-refractivity contribution in [3.05, 3.63) is 0 Å². The summed E-state index contributed by atoms with van der Waals surface area (Å²) in [6.45, 7) is 0.